The lowest BCUT2D eigenvalue weighted by Gasteiger charge is -2.20. The second kappa shape index (κ2) is 7.77. The van der Waals surface area contributed by atoms with Crippen molar-refractivity contribution >= 4 is 39.0 Å². The van der Waals surface area contributed by atoms with Gasteiger partial charge in [-0.2, -0.15) is 5.10 Å². The molecule has 0 spiro atoms. The van der Waals surface area contributed by atoms with Crippen LogP contribution in [0.2, 0.25) is 5.02 Å². The summed E-state index contributed by atoms with van der Waals surface area (Å²) in [4.78, 5) is 12.6. The number of aromatic nitrogens is 2. The first-order valence-electron chi connectivity index (χ1n) is 9.54. The van der Waals surface area contributed by atoms with E-state index in [2.05, 4.69) is 15.5 Å². The van der Waals surface area contributed by atoms with Gasteiger partial charge in [-0.3, -0.25) is 14.2 Å². The predicted octanol–water partition coefficient (Wildman–Crippen LogP) is 4.19. The lowest BCUT2D eigenvalue weighted by molar-refractivity contribution is 0.102. The van der Waals surface area contributed by atoms with Crippen molar-refractivity contribution in [2.75, 3.05) is 16.2 Å². The summed E-state index contributed by atoms with van der Waals surface area (Å²) in [5.74, 6) is 0.141. The summed E-state index contributed by atoms with van der Waals surface area (Å²) in [5, 5.41) is 9.69. The maximum Gasteiger partial charge on any atom is 0.265 e. The van der Waals surface area contributed by atoms with E-state index in [0.717, 1.165) is 11.3 Å². The van der Waals surface area contributed by atoms with Gasteiger partial charge >= 0.3 is 0 Å². The van der Waals surface area contributed by atoms with Crippen LogP contribution in [0.25, 0.3) is 0 Å². The van der Waals surface area contributed by atoms with Crippen LogP contribution in [0.1, 0.15) is 41.4 Å². The Labute approximate surface area is 180 Å². The number of sulfonamides is 1. The van der Waals surface area contributed by atoms with Gasteiger partial charge in [0.05, 0.1) is 10.7 Å². The van der Waals surface area contributed by atoms with Crippen molar-refractivity contribution in [1.29, 1.82) is 0 Å². The number of hydrogen-bond acceptors (Lipinski definition) is 4. The summed E-state index contributed by atoms with van der Waals surface area (Å²) >= 11 is 6.23. The average Bonchev–Trinajstić information content (AvgIpc) is 3.35. The molecule has 0 fully saturated rings. The fourth-order valence-corrected chi connectivity index (χ4v) is 5.41. The van der Waals surface area contributed by atoms with Crippen LogP contribution in [-0.2, 0) is 16.4 Å². The molecule has 0 unspecified atom stereocenters. The number of aromatic amines is 1. The predicted molar refractivity (Wildman–Crippen MR) is 117 cm³/mol. The van der Waals surface area contributed by atoms with Crippen molar-refractivity contribution in [3.05, 3.63) is 70.4 Å². The van der Waals surface area contributed by atoms with Gasteiger partial charge in [-0.05, 0) is 42.2 Å². The topological polar surface area (TPSA) is 95.2 Å². The van der Waals surface area contributed by atoms with E-state index in [1.165, 1.54) is 22.5 Å². The van der Waals surface area contributed by atoms with Gasteiger partial charge in [0.1, 0.15) is 4.90 Å². The summed E-state index contributed by atoms with van der Waals surface area (Å²) in [7, 11) is -3.92. The highest BCUT2D eigenvalue weighted by Gasteiger charge is 2.32. The Morgan fingerprint density at radius 2 is 1.97 bits per heavy atom. The molecule has 1 aromatic heterocycles. The van der Waals surface area contributed by atoms with E-state index in [1.54, 1.807) is 18.2 Å². The van der Waals surface area contributed by atoms with Crippen LogP contribution in [0.3, 0.4) is 0 Å². The number of hydrogen-bond donors (Lipinski definition) is 2. The van der Waals surface area contributed by atoms with Gasteiger partial charge in [0.15, 0.2) is 5.82 Å². The summed E-state index contributed by atoms with van der Waals surface area (Å²) in [5.41, 5.74) is 2.67. The largest absolute Gasteiger partial charge is 0.305 e. The van der Waals surface area contributed by atoms with Crippen molar-refractivity contribution < 1.29 is 13.2 Å². The standard InChI is InChI=1S/C21H21ClN4O3S/c1-13(2)17-12-20(25-24-17)23-21(27)15-7-8-16(22)19(11-15)30(28,29)26-10-9-14-5-3-4-6-18(14)26/h3-8,11-13H,9-10H2,1-2H3,(H2,23,24,25,27). The molecular formula is C21H21ClN4O3S. The number of nitrogens with one attached hydrogen (secondary N) is 2. The van der Waals surface area contributed by atoms with Crippen LogP contribution in [0, 0.1) is 0 Å². The van der Waals surface area contributed by atoms with Gasteiger partial charge in [0, 0.05) is 23.9 Å². The number of H-pyrrole nitrogens is 1. The molecule has 0 aliphatic carbocycles. The quantitative estimate of drug-likeness (QED) is 0.616. The third-order valence-corrected chi connectivity index (χ3v) is 7.36. The molecule has 4 rings (SSSR count). The molecule has 0 radical (unpaired) electrons. The van der Waals surface area contributed by atoms with Crippen LogP contribution in [0.4, 0.5) is 11.5 Å². The molecule has 156 valence electrons. The maximum absolute atomic E-state index is 13.3. The normalized spacial score (nSPS) is 13.5. The minimum Gasteiger partial charge on any atom is -0.305 e. The Hall–Kier alpha value is -2.84. The summed E-state index contributed by atoms with van der Waals surface area (Å²) < 4.78 is 28.0. The number of carbonyl (C=O) groups is 1. The van der Waals surface area contributed by atoms with Gasteiger partial charge in [-0.1, -0.05) is 43.6 Å². The third-order valence-electron chi connectivity index (χ3n) is 5.07. The number of rotatable bonds is 5. The molecule has 2 aromatic carbocycles. The van der Waals surface area contributed by atoms with Crippen LogP contribution in [0.15, 0.2) is 53.4 Å². The summed E-state index contributed by atoms with van der Waals surface area (Å²) in [6.07, 6.45) is 0.630. The molecule has 0 saturated carbocycles. The van der Waals surface area contributed by atoms with Gasteiger partial charge in [0.25, 0.3) is 15.9 Å². The molecule has 0 bridgehead atoms. The first-order valence-corrected chi connectivity index (χ1v) is 11.4. The summed E-state index contributed by atoms with van der Waals surface area (Å²) in [6.45, 7) is 4.34. The molecule has 2 N–H and O–H groups in total. The highest BCUT2D eigenvalue weighted by atomic mass is 35.5. The first-order chi connectivity index (χ1) is 14.3. The third kappa shape index (κ3) is 3.68. The molecule has 1 aliphatic rings. The number of para-hydroxylation sites is 1. The molecule has 7 nitrogen and oxygen atoms in total. The number of amides is 1. The summed E-state index contributed by atoms with van der Waals surface area (Å²) in [6, 6.07) is 13.3. The SMILES string of the molecule is CC(C)c1cc(NC(=O)c2ccc(Cl)c(S(=O)(=O)N3CCc4ccccc43)c2)n[nH]1. The highest BCUT2D eigenvalue weighted by molar-refractivity contribution is 7.93. The van der Waals surface area contributed by atoms with Crippen LogP contribution >= 0.6 is 11.6 Å². The van der Waals surface area contributed by atoms with Crippen LogP contribution in [-0.4, -0.2) is 31.1 Å². The van der Waals surface area contributed by atoms with Crippen molar-refractivity contribution in [2.24, 2.45) is 0 Å². The molecular weight excluding hydrogens is 424 g/mol. The first kappa shape index (κ1) is 20.4. The fourth-order valence-electron chi connectivity index (χ4n) is 3.40. The van der Waals surface area contributed by atoms with Crippen molar-refractivity contribution in [2.45, 2.75) is 31.1 Å². The molecule has 1 amide bonds. The maximum atomic E-state index is 13.3. The Bertz CT molecular complexity index is 1220. The lowest BCUT2D eigenvalue weighted by atomic mass is 10.1. The Morgan fingerprint density at radius 3 is 2.70 bits per heavy atom. The zero-order chi connectivity index (χ0) is 21.5. The van der Waals surface area contributed by atoms with Crippen molar-refractivity contribution in [3.8, 4) is 0 Å². The van der Waals surface area contributed by atoms with Gasteiger partial charge < -0.3 is 5.32 Å². The molecule has 9 heteroatoms. The molecule has 3 aromatic rings. The lowest BCUT2D eigenvalue weighted by Crippen LogP contribution is -2.29. The van der Waals surface area contributed by atoms with E-state index in [4.69, 9.17) is 11.6 Å². The Morgan fingerprint density at radius 1 is 1.20 bits per heavy atom. The molecule has 0 saturated heterocycles. The van der Waals surface area contributed by atoms with E-state index >= 15 is 0 Å². The second-order valence-corrected chi connectivity index (χ2v) is 9.66. The Kier molecular flexibility index (Phi) is 5.29. The van der Waals surface area contributed by atoms with Crippen LogP contribution < -0.4 is 9.62 Å². The van der Waals surface area contributed by atoms with Crippen molar-refractivity contribution in [3.63, 3.8) is 0 Å². The average molecular weight is 445 g/mol. The fraction of sp³-hybridized carbons (Fsp3) is 0.238. The van der Waals surface area contributed by atoms with E-state index < -0.39 is 15.9 Å². The molecule has 2 heterocycles. The number of benzene rings is 2. The molecule has 30 heavy (non-hydrogen) atoms. The van der Waals surface area contributed by atoms with Gasteiger partial charge in [-0.25, -0.2) is 8.42 Å². The number of halogens is 1. The zero-order valence-electron chi connectivity index (χ0n) is 16.5. The minimum absolute atomic E-state index is 0.0674. The highest BCUT2D eigenvalue weighted by Crippen LogP contribution is 2.35. The number of fused-ring (bicyclic) bond motifs is 1. The van der Waals surface area contributed by atoms with Gasteiger partial charge in [-0.15, -0.1) is 0 Å². The smallest absolute Gasteiger partial charge is 0.265 e. The van der Waals surface area contributed by atoms with E-state index in [1.807, 2.05) is 26.0 Å². The zero-order valence-corrected chi connectivity index (χ0v) is 18.1. The van der Waals surface area contributed by atoms with Crippen molar-refractivity contribution in [1.82, 2.24) is 10.2 Å². The van der Waals surface area contributed by atoms with Gasteiger partial charge in [0.2, 0.25) is 0 Å². The minimum atomic E-state index is -3.92. The number of anilines is 2. The van der Waals surface area contributed by atoms with Crippen LogP contribution in [0.5, 0.6) is 0 Å². The second-order valence-electron chi connectivity index (χ2n) is 7.42. The van der Waals surface area contributed by atoms with E-state index in [9.17, 15) is 13.2 Å². The number of nitrogens with zero attached hydrogens (tertiary/aromatic N) is 2. The monoisotopic (exact) mass is 444 g/mol. The molecule has 0 atom stereocenters. The van der Waals surface area contributed by atoms with E-state index in [-0.39, 0.29) is 21.4 Å². The molecule has 1 aliphatic heterocycles. The number of carbonyl (C=O) groups excluding carboxylic acids is 1. The Balaban J connectivity index is 1.64. The van der Waals surface area contributed by atoms with E-state index in [0.29, 0.717) is 24.5 Å².